The van der Waals surface area contributed by atoms with Crippen LogP contribution in [0.4, 0.5) is 0 Å². The van der Waals surface area contributed by atoms with Crippen LogP contribution in [0.5, 0.6) is 0 Å². The summed E-state index contributed by atoms with van der Waals surface area (Å²) in [7, 11) is 0. The summed E-state index contributed by atoms with van der Waals surface area (Å²) in [5, 5.41) is 8.74. The lowest BCUT2D eigenvalue weighted by molar-refractivity contribution is 0.299. The van der Waals surface area contributed by atoms with Gasteiger partial charge in [0, 0.05) is 12.2 Å². The molecule has 14 heavy (non-hydrogen) atoms. The molecule has 0 atom stereocenters. The molecule has 0 radical (unpaired) electrons. The number of hydrogen-bond acceptors (Lipinski definition) is 3. The molecule has 2 aromatic rings. The summed E-state index contributed by atoms with van der Waals surface area (Å²) in [6, 6.07) is 7.82. The van der Waals surface area contributed by atoms with Crippen LogP contribution in [0, 0.1) is 0 Å². The molecule has 0 spiro atoms. The number of benzene rings is 1. The van der Waals surface area contributed by atoms with E-state index >= 15 is 0 Å². The third-order valence-electron chi connectivity index (χ3n) is 2.03. The van der Waals surface area contributed by atoms with Gasteiger partial charge in [-0.3, -0.25) is 0 Å². The van der Waals surface area contributed by atoms with E-state index in [-0.39, 0.29) is 6.61 Å². The smallest absolute Gasteiger partial charge is 0.225 e. The molecule has 0 fully saturated rings. The zero-order valence-corrected chi connectivity index (χ0v) is 7.68. The van der Waals surface area contributed by atoms with E-state index in [0.29, 0.717) is 12.3 Å². The van der Waals surface area contributed by atoms with Crippen molar-refractivity contribution in [3.8, 4) is 11.5 Å². The van der Waals surface area contributed by atoms with Crippen molar-refractivity contribution >= 4 is 0 Å². The molecule has 0 aliphatic heterocycles. The first kappa shape index (κ1) is 8.97. The van der Waals surface area contributed by atoms with E-state index in [2.05, 4.69) is 4.98 Å². The molecular formula is C11H11NO2. The maximum absolute atomic E-state index is 8.74. The van der Waals surface area contributed by atoms with Crippen LogP contribution in [0.1, 0.15) is 5.56 Å². The Morgan fingerprint density at radius 1 is 1.21 bits per heavy atom. The van der Waals surface area contributed by atoms with E-state index in [9.17, 15) is 0 Å². The molecule has 1 aromatic heterocycles. The lowest BCUT2D eigenvalue weighted by Gasteiger charge is -1.99. The molecule has 0 aliphatic carbocycles. The maximum atomic E-state index is 8.74. The highest BCUT2D eigenvalue weighted by Crippen LogP contribution is 2.17. The van der Waals surface area contributed by atoms with Crippen LogP contribution in [0.2, 0.25) is 0 Å². The largest absolute Gasteiger partial charge is 0.445 e. The summed E-state index contributed by atoms with van der Waals surface area (Å²) in [6.07, 6.45) is 3.86. The van der Waals surface area contributed by atoms with Gasteiger partial charge in [-0.1, -0.05) is 12.1 Å². The fourth-order valence-corrected chi connectivity index (χ4v) is 1.31. The average molecular weight is 189 g/mol. The van der Waals surface area contributed by atoms with Gasteiger partial charge in [0.1, 0.15) is 6.26 Å². The highest BCUT2D eigenvalue weighted by Gasteiger charge is 2.01. The van der Waals surface area contributed by atoms with Crippen molar-refractivity contribution in [3.63, 3.8) is 0 Å². The van der Waals surface area contributed by atoms with Crippen molar-refractivity contribution in [3.05, 3.63) is 42.3 Å². The van der Waals surface area contributed by atoms with E-state index in [4.69, 9.17) is 9.52 Å². The van der Waals surface area contributed by atoms with Gasteiger partial charge in [0.25, 0.3) is 0 Å². The number of oxazole rings is 1. The van der Waals surface area contributed by atoms with Gasteiger partial charge in [-0.15, -0.1) is 0 Å². The zero-order chi connectivity index (χ0) is 9.80. The van der Waals surface area contributed by atoms with E-state index < -0.39 is 0 Å². The quantitative estimate of drug-likeness (QED) is 0.801. The summed E-state index contributed by atoms with van der Waals surface area (Å²) in [5.74, 6) is 0.626. The van der Waals surface area contributed by atoms with Crippen molar-refractivity contribution in [1.82, 2.24) is 4.98 Å². The maximum Gasteiger partial charge on any atom is 0.225 e. The molecule has 1 N–H and O–H groups in total. The molecular weight excluding hydrogens is 178 g/mol. The SMILES string of the molecule is OCCc1ccc(-c2ncco2)cc1. The second-order valence-electron chi connectivity index (χ2n) is 3.01. The minimum atomic E-state index is 0.179. The Bertz CT molecular complexity index is 378. The molecule has 1 aromatic carbocycles. The van der Waals surface area contributed by atoms with Crippen LogP contribution in [-0.4, -0.2) is 16.7 Å². The Morgan fingerprint density at radius 3 is 2.57 bits per heavy atom. The Morgan fingerprint density at radius 2 is 2.00 bits per heavy atom. The molecule has 3 nitrogen and oxygen atoms in total. The van der Waals surface area contributed by atoms with Gasteiger partial charge in [0.05, 0.1) is 6.20 Å². The number of rotatable bonds is 3. The third kappa shape index (κ3) is 1.83. The van der Waals surface area contributed by atoms with Crippen LogP contribution in [-0.2, 0) is 6.42 Å². The number of aliphatic hydroxyl groups excluding tert-OH is 1. The number of nitrogens with zero attached hydrogens (tertiary/aromatic N) is 1. The van der Waals surface area contributed by atoms with E-state index in [0.717, 1.165) is 11.1 Å². The average Bonchev–Trinajstić information content (AvgIpc) is 2.72. The molecule has 3 heteroatoms. The summed E-state index contributed by atoms with van der Waals surface area (Å²) in [6.45, 7) is 0.179. The first-order valence-corrected chi connectivity index (χ1v) is 4.50. The van der Waals surface area contributed by atoms with Gasteiger partial charge in [-0.05, 0) is 24.1 Å². The van der Waals surface area contributed by atoms with Gasteiger partial charge in [0.15, 0.2) is 0 Å². The fourth-order valence-electron chi connectivity index (χ4n) is 1.31. The standard InChI is InChI=1S/C11H11NO2/c13-7-5-9-1-3-10(4-2-9)11-12-6-8-14-11/h1-4,6,8,13H,5,7H2. The summed E-state index contributed by atoms with van der Waals surface area (Å²) >= 11 is 0. The van der Waals surface area contributed by atoms with Crippen molar-refractivity contribution in [1.29, 1.82) is 0 Å². The van der Waals surface area contributed by atoms with Gasteiger partial charge >= 0.3 is 0 Å². The molecule has 0 bridgehead atoms. The number of aromatic nitrogens is 1. The topological polar surface area (TPSA) is 46.3 Å². The van der Waals surface area contributed by atoms with Crippen LogP contribution in [0.15, 0.2) is 41.1 Å². The van der Waals surface area contributed by atoms with Gasteiger partial charge in [0.2, 0.25) is 5.89 Å². The Hall–Kier alpha value is -1.61. The predicted molar refractivity (Wildman–Crippen MR) is 52.7 cm³/mol. The third-order valence-corrected chi connectivity index (χ3v) is 2.03. The number of hydrogen-bond donors (Lipinski definition) is 1. The van der Waals surface area contributed by atoms with Gasteiger partial charge in [-0.2, -0.15) is 0 Å². The summed E-state index contributed by atoms with van der Waals surface area (Å²) in [4.78, 5) is 4.05. The molecule has 0 saturated carbocycles. The minimum absolute atomic E-state index is 0.179. The zero-order valence-electron chi connectivity index (χ0n) is 7.68. The van der Waals surface area contributed by atoms with Gasteiger partial charge in [-0.25, -0.2) is 4.98 Å². The normalized spacial score (nSPS) is 10.4. The predicted octanol–water partition coefficient (Wildman–Crippen LogP) is 1.88. The number of aliphatic hydroxyl groups is 1. The monoisotopic (exact) mass is 189 g/mol. The highest BCUT2D eigenvalue weighted by molar-refractivity contribution is 5.53. The van der Waals surface area contributed by atoms with E-state index in [1.165, 1.54) is 0 Å². The Kier molecular flexibility index (Phi) is 2.60. The molecule has 2 rings (SSSR count). The lowest BCUT2D eigenvalue weighted by Crippen LogP contribution is -1.89. The van der Waals surface area contributed by atoms with Crippen molar-refractivity contribution in [2.75, 3.05) is 6.61 Å². The first-order chi connectivity index (χ1) is 6.90. The molecule has 72 valence electrons. The van der Waals surface area contributed by atoms with Crippen molar-refractivity contribution < 1.29 is 9.52 Å². The van der Waals surface area contributed by atoms with Crippen molar-refractivity contribution in [2.45, 2.75) is 6.42 Å². The Balaban J connectivity index is 2.22. The van der Waals surface area contributed by atoms with Crippen LogP contribution in [0.3, 0.4) is 0 Å². The van der Waals surface area contributed by atoms with Crippen molar-refractivity contribution in [2.24, 2.45) is 0 Å². The molecule has 0 unspecified atom stereocenters. The van der Waals surface area contributed by atoms with Crippen LogP contribution >= 0.6 is 0 Å². The van der Waals surface area contributed by atoms with E-state index in [1.54, 1.807) is 12.5 Å². The Labute approximate surface area is 82.0 Å². The summed E-state index contributed by atoms with van der Waals surface area (Å²) in [5.41, 5.74) is 2.07. The van der Waals surface area contributed by atoms with Gasteiger partial charge < -0.3 is 9.52 Å². The second-order valence-corrected chi connectivity index (χ2v) is 3.01. The minimum Gasteiger partial charge on any atom is -0.445 e. The van der Waals surface area contributed by atoms with Crippen LogP contribution in [0.25, 0.3) is 11.5 Å². The summed E-state index contributed by atoms with van der Waals surface area (Å²) < 4.78 is 5.16. The molecule has 1 heterocycles. The highest BCUT2D eigenvalue weighted by atomic mass is 16.3. The first-order valence-electron chi connectivity index (χ1n) is 4.50. The molecule has 0 saturated heterocycles. The van der Waals surface area contributed by atoms with E-state index in [1.807, 2.05) is 24.3 Å². The second kappa shape index (κ2) is 4.07. The fraction of sp³-hybridized carbons (Fsp3) is 0.182. The lowest BCUT2D eigenvalue weighted by atomic mass is 10.1. The van der Waals surface area contributed by atoms with Crippen LogP contribution < -0.4 is 0 Å². The molecule has 0 aliphatic rings. The molecule has 0 amide bonds.